The number of hydrogen-bond donors (Lipinski definition) is 2. The second kappa shape index (κ2) is 7.21. The first-order chi connectivity index (χ1) is 10.6. The molecule has 2 N–H and O–H groups in total. The molecule has 0 fully saturated rings. The van der Waals surface area contributed by atoms with Gasteiger partial charge in [0.25, 0.3) is 5.91 Å². The Kier molecular flexibility index (Phi) is 5.08. The number of carbonyl (C=O) groups excluding carboxylic acids is 2. The third kappa shape index (κ3) is 3.82. The van der Waals surface area contributed by atoms with Gasteiger partial charge in [0.05, 0.1) is 13.5 Å². The van der Waals surface area contributed by atoms with E-state index < -0.39 is 0 Å². The molecular weight excluding hydrogens is 282 g/mol. The maximum Gasteiger partial charge on any atom is 0.261 e. The summed E-state index contributed by atoms with van der Waals surface area (Å²) in [6.45, 7) is 0. The van der Waals surface area contributed by atoms with Crippen molar-refractivity contribution in [2.24, 2.45) is 0 Å². The summed E-state index contributed by atoms with van der Waals surface area (Å²) in [6, 6.07) is 10.4. The van der Waals surface area contributed by atoms with Crippen LogP contribution in [0.2, 0.25) is 0 Å². The van der Waals surface area contributed by atoms with Crippen LogP contribution in [0.5, 0.6) is 5.88 Å². The van der Waals surface area contributed by atoms with Crippen LogP contribution in [-0.2, 0) is 11.2 Å². The number of ether oxygens (including phenoxy) is 1. The summed E-state index contributed by atoms with van der Waals surface area (Å²) in [4.78, 5) is 27.5. The van der Waals surface area contributed by atoms with Gasteiger partial charge < -0.3 is 15.4 Å². The van der Waals surface area contributed by atoms with Crippen molar-refractivity contribution in [3.05, 3.63) is 53.7 Å². The number of nitrogens with one attached hydrogen (secondary N) is 2. The van der Waals surface area contributed by atoms with Crippen molar-refractivity contribution in [2.75, 3.05) is 19.5 Å². The molecule has 114 valence electrons. The van der Waals surface area contributed by atoms with Crippen LogP contribution in [0, 0.1) is 0 Å². The Balaban J connectivity index is 2.07. The Morgan fingerprint density at radius 3 is 2.55 bits per heavy atom. The molecule has 2 amide bonds. The molecule has 6 heteroatoms. The van der Waals surface area contributed by atoms with Gasteiger partial charge in [-0.1, -0.05) is 12.1 Å². The number of amides is 2. The molecule has 0 spiro atoms. The van der Waals surface area contributed by atoms with Crippen LogP contribution in [0.25, 0.3) is 0 Å². The molecule has 0 atom stereocenters. The Morgan fingerprint density at radius 2 is 1.91 bits per heavy atom. The summed E-state index contributed by atoms with van der Waals surface area (Å²) < 4.78 is 5.06. The lowest BCUT2D eigenvalue weighted by Crippen LogP contribution is -2.19. The molecule has 0 bridgehead atoms. The summed E-state index contributed by atoms with van der Waals surface area (Å²) >= 11 is 0. The van der Waals surface area contributed by atoms with Gasteiger partial charge in [-0.3, -0.25) is 9.59 Å². The fourth-order valence-corrected chi connectivity index (χ4v) is 1.90. The van der Waals surface area contributed by atoms with Crippen molar-refractivity contribution >= 4 is 17.5 Å². The standard InChI is InChI=1S/C16H17N3O3/c1-17-14(20)10-11-5-7-12(8-6-11)19-15(21)13-4-3-9-18-16(13)22-2/h3-9H,10H2,1-2H3,(H,17,20)(H,19,21). The zero-order valence-electron chi connectivity index (χ0n) is 12.4. The fraction of sp³-hybridized carbons (Fsp3) is 0.188. The van der Waals surface area contributed by atoms with E-state index in [1.165, 1.54) is 7.11 Å². The van der Waals surface area contributed by atoms with Crippen LogP contribution >= 0.6 is 0 Å². The molecule has 0 saturated carbocycles. The van der Waals surface area contributed by atoms with Gasteiger partial charge in [-0.05, 0) is 29.8 Å². The lowest BCUT2D eigenvalue weighted by molar-refractivity contribution is -0.119. The zero-order valence-corrected chi connectivity index (χ0v) is 12.4. The third-order valence-corrected chi connectivity index (χ3v) is 3.06. The molecule has 0 saturated heterocycles. The summed E-state index contributed by atoms with van der Waals surface area (Å²) in [5.41, 5.74) is 1.87. The molecular formula is C16H17N3O3. The molecule has 6 nitrogen and oxygen atoms in total. The van der Waals surface area contributed by atoms with Crippen molar-refractivity contribution in [3.63, 3.8) is 0 Å². The predicted octanol–water partition coefficient (Wildman–Crippen LogP) is 1.63. The monoisotopic (exact) mass is 299 g/mol. The van der Waals surface area contributed by atoms with Crippen molar-refractivity contribution in [2.45, 2.75) is 6.42 Å². The number of anilines is 1. The number of aromatic nitrogens is 1. The van der Waals surface area contributed by atoms with E-state index in [0.29, 0.717) is 17.7 Å². The number of pyridine rings is 1. The molecule has 1 aromatic carbocycles. The predicted molar refractivity (Wildman–Crippen MR) is 83.0 cm³/mol. The van der Waals surface area contributed by atoms with Gasteiger partial charge >= 0.3 is 0 Å². The minimum absolute atomic E-state index is 0.0584. The van der Waals surface area contributed by atoms with E-state index in [-0.39, 0.29) is 17.7 Å². The molecule has 0 radical (unpaired) electrons. The second-order valence-corrected chi connectivity index (χ2v) is 4.56. The van der Waals surface area contributed by atoms with Crippen molar-refractivity contribution in [1.82, 2.24) is 10.3 Å². The first-order valence-corrected chi connectivity index (χ1v) is 6.74. The van der Waals surface area contributed by atoms with E-state index in [0.717, 1.165) is 5.56 Å². The highest BCUT2D eigenvalue weighted by Crippen LogP contribution is 2.17. The molecule has 0 unspecified atom stereocenters. The van der Waals surface area contributed by atoms with Crippen LogP contribution in [0.1, 0.15) is 15.9 Å². The molecule has 0 aliphatic carbocycles. The van der Waals surface area contributed by atoms with Gasteiger partial charge in [0.1, 0.15) is 5.56 Å². The molecule has 2 aromatic rings. The van der Waals surface area contributed by atoms with Crippen LogP contribution in [-0.4, -0.2) is 31.0 Å². The third-order valence-electron chi connectivity index (χ3n) is 3.06. The van der Waals surface area contributed by atoms with E-state index in [4.69, 9.17) is 4.74 Å². The Bertz CT molecular complexity index is 669. The molecule has 0 aliphatic heterocycles. The normalized spacial score (nSPS) is 9.91. The van der Waals surface area contributed by atoms with Gasteiger partial charge in [0, 0.05) is 18.9 Å². The minimum atomic E-state index is -0.302. The van der Waals surface area contributed by atoms with Gasteiger partial charge in [0.15, 0.2) is 0 Å². The van der Waals surface area contributed by atoms with E-state index in [2.05, 4.69) is 15.6 Å². The van der Waals surface area contributed by atoms with Gasteiger partial charge in [-0.15, -0.1) is 0 Å². The number of methoxy groups -OCH3 is 1. The average molecular weight is 299 g/mol. The van der Waals surface area contributed by atoms with Gasteiger partial charge in [-0.2, -0.15) is 0 Å². The molecule has 22 heavy (non-hydrogen) atoms. The SMILES string of the molecule is CNC(=O)Cc1ccc(NC(=O)c2cccnc2OC)cc1. The molecule has 2 rings (SSSR count). The van der Waals surface area contributed by atoms with E-state index in [1.54, 1.807) is 49.6 Å². The number of rotatable bonds is 5. The number of nitrogens with zero attached hydrogens (tertiary/aromatic N) is 1. The van der Waals surface area contributed by atoms with Crippen LogP contribution in [0.4, 0.5) is 5.69 Å². The lowest BCUT2D eigenvalue weighted by Gasteiger charge is -2.08. The summed E-state index contributed by atoms with van der Waals surface area (Å²) in [5.74, 6) is -0.0860. The number of likely N-dealkylation sites (N-methyl/N-ethyl adjacent to an activating group) is 1. The summed E-state index contributed by atoms with van der Waals surface area (Å²) in [5, 5.41) is 5.33. The topological polar surface area (TPSA) is 80.3 Å². The highest BCUT2D eigenvalue weighted by Gasteiger charge is 2.12. The van der Waals surface area contributed by atoms with E-state index in [9.17, 15) is 9.59 Å². The van der Waals surface area contributed by atoms with Crippen molar-refractivity contribution in [3.8, 4) is 5.88 Å². The molecule has 1 heterocycles. The Labute approximate surface area is 128 Å². The zero-order chi connectivity index (χ0) is 15.9. The van der Waals surface area contributed by atoms with Crippen LogP contribution < -0.4 is 15.4 Å². The van der Waals surface area contributed by atoms with Crippen LogP contribution in [0.3, 0.4) is 0 Å². The maximum absolute atomic E-state index is 12.2. The first-order valence-electron chi connectivity index (χ1n) is 6.74. The largest absolute Gasteiger partial charge is 0.480 e. The second-order valence-electron chi connectivity index (χ2n) is 4.56. The van der Waals surface area contributed by atoms with Gasteiger partial charge in [-0.25, -0.2) is 4.98 Å². The molecule has 1 aromatic heterocycles. The summed E-state index contributed by atoms with van der Waals surface area (Å²) in [7, 11) is 3.06. The van der Waals surface area contributed by atoms with E-state index in [1.807, 2.05) is 0 Å². The average Bonchev–Trinajstić information content (AvgIpc) is 2.56. The Hall–Kier alpha value is -2.89. The smallest absolute Gasteiger partial charge is 0.261 e. The fourth-order valence-electron chi connectivity index (χ4n) is 1.90. The minimum Gasteiger partial charge on any atom is -0.480 e. The van der Waals surface area contributed by atoms with E-state index >= 15 is 0 Å². The number of hydrogen-bond acceptors (Lipinski definition) is 4. The first kappa shape index (κ1) is 15.5. The highest BCUT2D eigenvalue weighted by atomic mass is 16.5. The van der Waals surface area contributed by atoms with Crippen molar-refractivity contribution in [1.29, 1.82) is 0 Å². The van der Waals surface area contributed by atoms with Crippen molar-refractivity contribution < 1.29 is 14.3 Å². The number of benzene rings is 1. The highest BCUT2D eigenvalue weighted by molar-refractivity contribution is 6.05. The van der Waals surface area contributed by atoms with Crippen LogP contribution in [0.15, 0.2) is 42.6 Å². The van der Waals surface area contributed by atoms with Gasteiger partial charge in [0.2, 0.25) is 11.8 Å². The Morgan fingerprint density at radius 1 is 1.18 bits per heavy atom. The molecule has 0 aliphatic rings. The quantitative estimate of drug-likeness (QED) is 0.879. The maximum atomic E-state index is 12.2. The summed E-state index contributed by atoms with van der Waals surface area (Å²) in [6.07, 6.45) is 1.87. The number of carbonyl (C=O) groups is 2. The lowest BCUT2D eigenvalue weighted by atomic mass is 10.1.